The molecule has 70 valence electrons. The number of nitrogen functional groups attached to an aromatic ring is 2. The van der Waals surface area contributed by atoms with Crippen LogP contribution >= 0.6 is 15.9 Å². The van der Waals surface area contributed by atoms with Crippen molar-refractivity contribution in [3.63, 3.8) is 0 Å². The van der Waals surface area contributed by atoms with Crippen molar-refractivity contribution >= 4 is 27.3 Å². The zero-order valence-corrected chi connectivity index (χ0v) is 8.82. The smallest absolute Gasteiger partial charge is 0.0596 e. The summed E-state index contributed by atoms with van der Waals surface area (Å²) in [6.45, 7) is 1.83. The first-order valence-corrected chi connectivity index (χ1v) is 5.05. The van der Waals surface area contributed by atoms with E-state index in [0.29, 0.717) is 5.69 Å². The summed E-state index contributed by atoms with van der Waals surface area (Å²) in [6.07, 6.45) is 1.01. The van der Waals surface area contributed by atoms with Crippen molar-refractivity contribution in [3.8, 4) is 0 Å². The van der Waals surface area contributed by atoms with Gasteiger partial charge < -0.3 is 16.8 Å². The Balaban J connectivity index is 2.63. The van der Waals surface area contributed by atoms with Gasteiger partial charge in [-0.05, 0) is 30.2 Å². The van der Waals surface area contributed by atoms with Crippen LogP contribution in [0.3, 0.4) is 0 Å². The first-order valence-electron chi connectivity index (χ1n) is 4.26. The van der Waals surface area contributed by atoms with Gasteiger partial charge in [0.15, 0.2) is 0 Å². The minimum atomic E-state index is 0.661. The normalized spacial score (nSPS) is 15.5. The number of fused-ring (bicyclic) bond motifs is 1. The highest BCUT2D eigenvalue weighted by atomic mass is 79.9. The zero-order valence-electron chi connectivity index (χ0n) is 7.23. The molecule has 0 radical (unpaired) electrons. The summed E-state index contributed by atoms with van der Waals surface area (Å²) in [7, 11) is 0. The lowest BCUT2D eigenvalue weighted by molar-refractivity contribution is 0.644. The molecule has 1 heterocycles. The maximum Gasteiger partial charge on any atom is 0.0596 e. The van der Waals surface area contributed by atoms with E-state index in [1.54, 1.807) is 0 Å². The Kier molecular flexibility index (Phi) is 2.17. The molecular formula is C9H12BrN3. The molecule has 0 atom stereocenters. The van der Waals surface area contributed by atoms with Crippen LogP contribution in [0.2, 0.25) is 0 Å². The molecule has 0 bridgehead atoms. The molecule has 1 aliphatic heterocycles. The molecule has 2 rings (SSSR count). The summed E-state index contributed by atoms with van der Waals surface area (Å²) in [5.41, 5.74) is 15.5. The molecule has 0 aromatic heterocycles. The van der Waals surface area contributed by atoms with Crippen LogP contribution in [-0.4, -0.2) is 6.54 Å². The first kappa shape index (κ1) is 8.84. The second kappa shape index (κ2) is 3.20. The van der Waals surface area contributed by atoms with E-state index in [1.807, 2.05) is 6.07 Å². The Hall–Kier alpha value is -0.740. The van der Waals surface area contributed by atoms with Gasteiger partial charge in [-0.3, -0.25) is 0 Å². The second-order valence-corrected chi connectivity index (χ2v) is 4.10. The van der Waals surface area contributed by atoms with E-state index in [2.05, 4.69) is 21.2 Å². The van der Waals surface area contributed by atoms with Crippen LogP contribution in [-0.2, 0) is 13.0 Å². The van der Waals surface area contributed by atoms with Crippen molar-refractivity contribution in [1.29, 1.82) is 0 Å². The molecule has 13 heavy (non-hydrogen) atoms. The van der Waals surface area contributed by atoms with Crippen molar-refractivity contribution in [2.75, 3.05) is 18.0 Å². The van der Waals surface area contributed by atoms with E-state index in [1.165, 1.54) is 5.56 Å². The topological polar surface area (TPSA) is 64.1 Å². The molecule has 0 unspecified atom stereocenters. The fourth-order valence-corrected chi connectivity index (χ4v) is 2.37. The lowest BCUT2D eigenvalue weighted by atomic mass is 9.98. The minimum Gasteiger partial charge on any atom is -0.397 e. The van der Waals surface area contributed by atoms with Gasteiger partial charge in [-0.1, -0.05) is 15.9 Å². The Labute approximate surface area is 85.6 Å². The van der Waals surface area contributed by atoms with Gasteiger partial charge in [0.1, 0.15) is 0 Å². The van der Waals surface area contributed by atoms with Crippen LogP contribution in [0, 0.1) is 0 Å². The van der Waals surface area contributed by atoms with E-state index in [0.717, 1.165) is 35.2 Å². The maximum atomic E-state index is 5.89. The lowest BCUT2D eigenvalue weighted by Crippen LogP contribution is -2.25. The molecule has 0 amide bonds. The fraction of sp³-hybridized carbons (Fsp3) is 0.333. The molecule has 0 aliphatic carbocycles. The van der Waals surface area contributed by atoms with Gasteiger partial charge >= 0.3 is 0 Å². The highest BCUT2D eigenvalue weighted by Crippen LogP contribution is 2.32. The summed E-state index contributed by atoms with van der Waals surface area (Å²) in [6, 6.07) is 1.89. The number of hydrogen-bond acceptors (Lipinski definition) is 3. The maximum absolute atomic E-state index is 5.89. The molecule has 0 saturated carbocycles. The number of anilines is 2. The molecule has 1 aromatic carbocycles. The number of nitrogens with one attached hydrogen (secondary N) is 1. The van der Waals surface area contributed by atoms with Gasteiger partial charge in [0.2, 0.25) is 0 Å². The van der Waals surface area contributed by atoms with Gasteiger partial charge in [-0.25, -0.2) is 0 Å². The molecule has 1 aliphatic rings. The van der Waals surface area contributed by atoms with Crippen LogP contribution in [0.4, 0.5) is 11.4 Å². The molecule has 5 N–H and O–H groups in total. The first-order chi connectivity index (χ1) is 6.20. The summed E-state index contributed by atoms with van der Waals surface area (Å²) in [4.78, 5) is 0. The Morgan fingerprint density at radius 2 is 2.08 bits per heavy atom. The monoisotopic (exact) mass is 241 g/mol. The fourth-order valence-electron chi connectivity index (χ4n) is 1.68. The molecule has 3 nitrogen and oxygen atoms in total. The van der Waals surface area contributed by atoms with Crippen molar-refractivity contribution in [2.45, 2.75) is 13.0 Å². The Morgan fingerprint density at radius 1 is 1.31 bits per heavy atom. The van der Waals surface area contributed by atoms with Gasteiger partial charge in [0.05, 0.1) is 11.4 Å². The van der Waals surface area contributed by atoms with Crippen LogP contribution in [0.1, 0.15) is 11.1 Å². The predicted molar refractivity (Wildman–Crippen MR) is 58.4 cm³/mol. The third-order valence-corrected chi connectivity index (χ3v) is 3.13. The van der Waals surface area contributed by atoms with Crippen molar-refractivity contribution < 1.29 is 0 Å². The highest BCUT2D eigenvalue weighted by molar-refractivity contribution is 9.10. The highest BCUT2D eigenvalue weighted by Gasteiger charge is 2.16. The van der Waals surface area contributed by atoms with Crippen LogP contribution in [0.5, 0.6) is 0 Å². The van der Waals surface area contributed by atoms with Crippen molar-refractivity contribution in [2.24, 2.45) is 0 Å². The molecule has 4 heteroatoms. The quantitative estimate of drug-likeness (QED) is 0.600. The number of benzene rings is 1. The van der Waals surface area contributed by atoms with E-state index >= 15 is 0 Å². The molecular weight excluding hydrogens is 230 g/mol. The van der Waals surface area contributed by atoms with E-state index in [9.17, 15) is 0 Å². The van der Waals surface area contributed by atoms with Crippen molar-refractivity contribution in [1.82, 2.24) is 5.32 Å². The van der Waals surface area contributed by atoms with Gasteiger partial charge in [0.25, 0.3) is 0 Å². The lowest BCUT2D eigenvalue weighted by Gasteiger charge is -2.21. The number of halogens is 1. The van der Waals surface area contributed by atoms with Gasteiger partial charge in [0, 0.05) is 11.0 Å². The SMILES string of the molecule is Nc1cc(Br)c2c(c1N)CNCC2. The largest absolute Gasteiger partial charge is 0.397 e. The average Bonchev–Trinajstić information content (AvgIpc) is 2.15. The van der Waals surface area contributed by atoms with Crippen LogP contribution in [0.25, 0.3) is 0 Å². The van der Waals surface area contributed by atoms with E-state index < -0.39 is 0 Å². The molecule has 0 saturated heterocycles. The predicted octanol–water partition coefficient (Wildman–Crippen LogP) is 1.26. The zero-order chi connectivity index (χ0) is 9.42. The summed E-state index contributed by atoms with van der Waals surface area (Å²) in [5.74, 6) is 0. The van der Waals surface area contributed by atoms with E-state index in [4.69, 9.17) is 11.5 Å². The number of rotatable bonds is 0. The molecule has 0 spiro atoms. The standard InChI is InChI=1S/C9H12BrN3/c10-7-3-8(11)9(12)6-4-13-2-1-5(6)7/h3,13H,1-2,4,11-12H2. The number of nitrogens with two attached hydrogens (primary N) is 2. The molecule has 0 fully saturated rings. The van der Waals surface area contributed by atoms with Crippen molar-refractivity contribution in [3.05, 3.63) is 21.7 Å². The summed E-state index contributed by atoms with van der Waals surface area (Å²) in [5, 5.41) is 3.28. The second-order valence-electron chi connectivity index (χ2n) is 3.25. The average molecular weight is 242 g/mol. The van der Waals surface area contributed by atoms with Gasteiger partial charge in [-0.15, -0.1) is 0 Å². The van der Waals surface area contributed by atoms with Gasteiger partial charge in [-0.2, -0.15) is 0 Å². The third kappa shape index (κ3) is 1.40. The van der Waals surface area contributed by atoms with Crippen LogP contribution in [0.15, 0.2) is 10.5 Å². The Bertz CT molecular complexity index is 349. The molecule has 1 aromatic rings. The van der Waals surface area contributed by atoms with Crippen LogP contribution < -0.4 is 16.8 Å². The summed E-state index contributed by atoms with van der Waals surface area (Å²) >= 11 is 3.50. The third-order valence-electron chi connectivity index (χ3n) is 2.42. The summed E-state index contributed by atoms with van der Waals surface area (Å²) < 4.78 is 1.08. The van der Waals surface area contributed by atoms with E-state index in [-0.39, 0.29) is 0 Å². The number of hydrogen-bond donors (Lipinski definition) is 3. The minimum absolute atomic E-state index is 0.661. The Morgan fingerprint density at radius 3 is 2.85 bits per heavy atom.